The fraction of sp³-hybridized carbons (Fsp3) is 0.143. The van der Waals surface area contributed by atoms with E-state index in [-0.39, 0.29) is 10.8 Å². The fourth-order valence-corrected chi connectivity index (χ4v) is 13.0. The number of aryl methyl sites for hydroxylation is 4. The van der Waals surface area contributed by atoms with Gasteiger partial charge >= 0.3 is 0 Å². The second-order valence-corrected chi connectivity index (χ2v) is 21.9. The summed E-state index contributed by atoms with van der Waals surface area (Å²) in [5.74, 6) is 0. The number of para-hydroxylation sites is 2. The molecule has 0 atom stereocenters. The van der Waals surface area contributed by atoms with Gasteiger partial charge in [0.1, 0.15) is 22.3 Å². The molecule has 0 fully saturated rings. The van der Waals surface area contributed by atoms with Crippen LogP contribution >= 0.6 is 0 Å². The normalized spacial score (nSPS) is 14.0. The summed E-state index contributed by atoms with van der Waals surface area (Å²) in [6.07, 6.45) is 0. The SMILES string of the molecule is Cc1ccc(-c2cc3c(c4c2oc2ccccc24)-c2ccc(N(c4ccc(-c5ccccc5)cc4)c4ccc5c(c4)C(C)(C)c4cc(-c6ccc(C)cc6C)c6oc7ccccc7c6c4-5)cc2C3(C)C)c(C)c1. The van der Waals surface area contributed by atoms with Gasteiger partial charge in [-0.15, -0.1) is 0 Å². The zero-order chi connectivity index (χ0) is 49.7. The monoisotopic (exact) mass is 941 g/mol. The van der Waals surface area contributed by atoms with Crippen LogP contribution in [0.1, 0.15) is 72.2 Å². The second kappa shape index (κ2) is 15.6. The van der Waals surface area contributed by atoms with Gasteiger partial charge in [-0.2, -0.15) is 0 Å². The number of anilines is 3. The zero-order valence-electron chi connectivity index (χ0n) is 42.7. The number of fused-ring (bicyclic) bond motifs is 14. The standard InChI is InChI=1S/C70H55NO2/c1-40-22-30-49(42(3)34-40)55-38-59-63(65-53-18-12-14-20-61(53)72-67(55)65)51-32-28-47(36-57(51)69(59,5)6)71(46-26-24-45(25-27-46)44-16-10-9-11-17-44)48-29-33-52-58(37-48)70(7,8)60-39-56(50-31-23-41(2)35-43(50)4)68-66(64(52)60)54-19-13-15-21-62(54)73-68/h9-39H,1-8H3. The van der Waals surface area contributed by atoms with Crippen LogP contribution in [0.5, 0.6) is 0 Å². The van der Waals surface area contributed by atoms with Crippen LogP contribution in [0.3, 0.4) is 0 Å². The maximum Gasteiger partial charge on any atom is 0.143 e. The Morgan fingerprint density at radius 3 is 1.22 bits per heavy atom. The van der Waals surface area contributed by atoms with Crippen molar-refractivity contribution in [3.63, 3.8) is 0 Å². The lowest BCUT2D eigenvalue weighted by atomic mass is 9.80. The number of rotatable bonds is 6. The minimum absolute atomic E-state index is 0.322. The van der Waals surface area contributed by atoms with Crippen molar-refractivity contribution in [2.45, 2.75) is 66.2 Å². The molecular formula is C70H55NO2. The van der Waals surface area contributed by atoms with Gasteiger partial charge in [0.25, 0.3) is 0 Å². The first-order valence-electron chi connectivity index (χ1n) is 25.7. The van der Waals surface area contributed by atoms with Crippen molar-refractivity contribution in [1.29, 1.82) is 0 Å². The number of furan rings is 2. The highest BCUT2D eigenvalue weighted by Gasteiger charge is 2.41. The summed E-state index contributed by atoms with van der Waals surface area (Å²) >= 11 is 0. The predicted molar refractivity (Wildman–Crippen MR) is 306 cm³/mol. The molecule has 3 heteroatoms. The van der Waals surface area contributed by atoms with Crippen molar-refractivity contribution in [1.82, 2.24) is 0 Å². The van der Waals surface area contributed by atoms with Gasteiger partial charge in [-0.05, 0) is 166 Å². The molecule has 2 aromatic heterocycles. The first kappa shape index (κ1) is 43.4. The lowest BCUT2D eigenvalue weighted by molar-refractivity contribution is 0.657. The second-order valence-electron chi connectivity index (χ2n) is 21.9. The van der Waals surface area contributed by atoms with E-state index in [0.29, 0.717) is 0 Å². The third kappa shape index (κ3) is 6.31. The Balaban J connectivity index is 0.972. The highest BCUT2D eigenvalue weighted by atomic mass is 16.3. The van der Waals surface area contributed by atoms with E-state index in [0.717, 1.165) is 61.3 Å². The molecular weight excluding hydrogens is 887 g/mol. The van der Waals surface area contributed by atoms with E-state index >= 15 is 0 Å². The Morgan fingerprint density at radius 1 is 0.342 bits per heavy atom. The van der Waals surface area contributed by atoms with Crippen molar-refractivity contribution in [2.24, 2.45) is 0 Å². The molecule has 0 N–H and O–H groups in total. The topological polar surface area (TPSA) is 29.5 Å². The van der Waals surface area contributed by atoms with E-state index in [1.54, 1.807) is 0 Å². The summed E-state index contributed by atoms with van der Waals surface area (Å²) < 4.78 is 13.8. The van der Waals surface area contributed by atoms with Crippen LogP contribution in [0, 0.1) is 27.7 Å². The van der Waals surface area contributed by atoms with Crippen molar-refractivity contribution in [3.8, 4) is 55.6 Å². The maximum absolute atomic E-state index is 6.89. The lowest BCUT2D eigenvalue weighted by Crippen LogP contribution is -2.18. The number of hydrogen-bond donors (Lipinski definition) is 0. The summed E-state index contributed by atoms with van der Waals surface area (Å²) in [4.78, 5) is 2.47. The average Bonchev–Trinajstić information content (AvgIpc) is 4.10. The van der Waals surface area contributed by atoms with Gasteiger partial charge in [0.15, 0.2) is 0 Å². The number of nitrogens with zero attached hydrogens (tertiary/aromatic N) is 1. The van der Waals surface area contributed by atoms with Gasteiger partial charge in [-0.25, -0.2) is 0 Å². The van der Waals surface area contributed by atoms with Crippen LogP contribution in [-0.2, 0) is 10.8 Å². The Hall–Kier alpha value is -8.40. The zero-order valence-corrected chi connectivity index (χ0v) is 42.7. The summed E-state index contributed by atoms with van der Waals surface area (Å²) in [7, 11) is 0. The Labute approximate surface area is 427 Å². The van der Waals surface area contributed by atoms with Gasteiger partial charge < -0.3 is 13.7 Å². The molecule has 10 aromatic carbocycles. The van der Waals surface area contributed by atoms with E-state index in [4.69, 9.17) is 8.83 Å². The van der Waals surface area contributed by atoms with Crippen molar-refractivity contribution in [2.75, 3.05) is 4.90 Å². The molecule has 0 saturated carbocycles. The summed E-state index contributed by atoms with van der Waals surface area (Å²) in [5.41, 5.74) is 28.8. The molecule has 14 rings (SSSR count). The van der Waals surface area contributed by atoms with Crippen molar-refractivity contribution < 1.29 is 8.83 Å². The minimum atomic E-state index is -0.322. The van der Waals surface area contributed by atoms with E-state index in [9.17, 15) is 0 Å². The van der Waals surface area contributed by atoms with Crippen LogP contribution < -0.4 is 4.90 Å². The third-order valence-corrected chi connectivity index (χ3v) is 16.6. The third-order valence-electron chi connectivity index (χ3n) is 16.6. The molecule has 0 radical (unpaired) electrons. The molecule has 2 heterocycles. The van der Waals surface area contributed by atoms with Crippen molar-refractivity contribution in [3.05, 3.63) is 233 Å². The molecule has 0 spiro atoms. The minimum Gasteiger partial charge on any atom is -0.455 e. The summed E-state index contributed by atoms with van der Waals surface area (Å²) in [5, 5.41) is 4.68. The molecule has 3 nitrogen and oxygen atoms in total. The Morgan fingerprint density at radius 2 is 0.753 bits per heavy atom. The van der Waals surface area contributed by atoms with E-state index in [1.165, 1.54) is 99.8 Å². The van der Waals surface area contributed by atoms with Gasteiger partial charge in [0, 0.05) is 60.6 Å². The fourth-order valence-electron chi connectivity index (χ4n) is 13.0. The predicted octanol–water partition coefficient (Wildman–Crippen LogP) is 19.8. The van der Waals surface area contributed by atoms with Gasteiger partial charge in [-0.3, -0.25) is 0 Å². The first-order chi connectivity index (χ1) is 35.3. The first-order valence-corrected chi connectivity index (χ1v) is 25.7. The molecule has 0 aliphatic heterocycles. The molecule has 0 amide bonds. The summed E-state index contributed by atoms with van der Waals surface area (Å²) in [6, 6.07) is 69.7. The van der Waals surface area contributed by atoms with Crippen LogP contribution in [0.15, 0.2) is 197 Å². The van der Waals surface area contributed by atoms with Crippen LogP contribution in [0.25, 0.3) is 99.5 Å². The molecule has 12 aromatic rings. The molecule has 2 aliphatic rings. The maximum atomic E-state index is 6.89. The van der Waals surface area contributed by atoms with Crippen LogP contribution in [0.2, 0.25) is 0 Å². The molecule has 352 valence electrons. The highest BCUT2D eigenvalue weighted by Crippen LogP contribution is 2.59. The summed E-state index contributed by atoms with van der Waals surface area (Å²) in [6.45, 7) is 18.4. The largest absolute Gasteiger partial charge is 0.455 e. The van der Waals surface area contributed by atoms with Gasteiger partial charge in [0.2, 0.25) is 0 Å². The van der Waals surface area contributed by atoms with Gasteiger partial charge in [0.05, 0.1) is 0 Å². The van der Waals surface area contributed by atoms with Crippen LogP contribution in [-0.4, -0.2) is 0 Å². The molecule has 0 bridgehead atoms. The number of hydrogen-bond acceptors (Lipinski definition) is 3. The average molecular weight is 942 g/mol. The highest BCUT2D eigenvalue weighted by molar-refractivity contribution is 6.20. The number of benzene rings is 10. The van der Waals surface area contributed by atoms with Crippen molar-refractivity contribution >= 4 is 60.9 Å². The van der Waals surface area contributed by atoms with Crippen LogP contribution in [0.4, 0.5) is 17.1 Å². The van der Waals surface area contributed by atoms with Gasteiger partial charge in [-0.1, -0.05) is 166 Å². The van der Waals surface area contributed by atoms with E-state index in [2.05, 4.69) is 248 Å². The Kier molecular flexibility index (Phi) is 9.24. The smallest absolute Gasteiger partial charge is 0.143 e. The van der Waals surface area contributed by atoms with E-state index < -0.39 is 0 Å². The molecule has 73 heavy (non-hydrogen) atoms. The van der Waals surface area contributed by atoms with E-state index in [1.807, 2.05) is 0 Å². The molecule has 0 saturated heterocycles. The Bertz CT molecular complexity index is 4060. The quantitative estimate of drug-likeness (QED) is 0.166. The molecule has 0 unspecified atom stereocenters. The molecule has 2 aliphatic carbocycles. The lowest BCUT2D eigenvalue weighted by Gasteiger charge is -2.30.